The summed E-state index contributed by atoms with van der Waals surface area (Å²) in [6.45, 7) is 11.2. The Balaban J connectivity index is 1.59. The van der Waals surface area contributed by atoms with Crippen LogP contribution in [0.2, 0.25) is 0 Å². The second-order valence-corrected chi connectivity index (χ2v) is 8.11. The van der Waals surface area contributed by atoms with E-state index in [0.717, 1.165) is 18.8 Å². The van der Waals surface area contributed by atoms with Gasteiger partial charge in [-0.3, -0.25) is 14.4 Å². The van der Waals surface area contributed by atoms with Crippen molar-refractivity contribution < 1.29 is 18.7 Å². The maximum atomic E-state index is 14.2. The molecule has 0 aliphatic carbocycles. The van der Waals surface area contributed by atoms with Crippen LogP contribution >= 0.6 is 0 Å². The van der Waals surface area contributed by atoms with Gasteiger partial charge >= 0.3 is 6.03 Å². The molecule has 9 nitrogen and oxygen atoms in total. The van der Waals surface area contributed by atoms with Gasteiger partial charge in [-0.25, -0.2) is 9.18 Å². The zero-order valence-corrected chi connectivity index (χ0v) is 19.0. The highest BCUT2D eigenvalue weighted by Crippen LogP contribution is 2.24. The molecular formula is C22H31FN6O3. The number of aromatic nitrogens is 2. The van der Waals surface area contributed by atoms with Crippen molar-refractivity contribution in [2.24, 2.45) is 0 Å². The van der Waals surface area contributed by atoms with Gasteiger partial charge in [-0.05, 0) is 45.9 Å². The van der Waals surface area contributed by atoms with Gasteiger partial charge in [0.05, 0.1) is 36.0 Å². The number of nitrogens with zero attached hydrogens (tertiary/aromatic N) is 3. The van der Waals surface area contributed by atoms with Gasteiger partial charge in [0.2, 0.25) is 5.91 Å². The minimum atomic E-state index is -0.569. The van der Waals surface area contributed by atoms with Crippen molar-refractivity contribution in [3.8, 4) is 0 Å². The van der Waals surface area contributed by atoms with Crippen LogP contribution in [0.1, 0.15) is 37.7 Å². The number of rotatable bonds is 7. The first-order valence-corrected chi connectivity index (χ1v) is 10.8. The molecule has 32 heavy (non-hydrogen) atoms. The average Bonchev–Trinajstić information content (AvgIpc) is 3.04. The van der Waals surface area contributed by atoms with Crippen LogP contribution in [-0.4, -0.2) is 59.5 Å². The molecule has 0 spiro atoms. The van der Waals surface area contributed by atoms with Crippen molar-refractivity contribution in [2.45, 2.75) is 40.2 Å². The predicted molar refractivity (Wildman–Crippen MR) is 122 cm³/mol. The molecule has 1 aromatic carbocycles. The van der Waals surface area contributed by atoms with Crippen LogP contribution in [0, 0.1) is 19.7 Å². The topological polar surface area (TPSA) is 101 Å². The highest BCUT2D eigenvalue weighted by atomic mass is 19.1. The lowest BCUT2D eigenvalue weighted by Gasteiger charge is -2.26. The van der Waals surface area contributed by atoms with E-state index in [4.69, 9.17) is 4.74 Å². The molecule has 0 atom stereocenters. The van der Waals surface area contributed by atoms with Crippen LogP contribution in [0.5, 0.6) is 0 Å². The summed E-state index contributed by atoms with van der Waals surface area (Å²) in [5, 5.41) is 12.5. The van der Waals surface area contributed by atoms with Crippen molar-refractivity contribution in [3.63, 3.8) is 0 Å². The highest BCUT2D eigenvalue weighted by molar-refractivity contribution is 6.01. The Hall–Kier alpha value is -2.98. The average molecular weight is 447 g/mol. The maximum absolute atomic E-state index is 14.2. The van der Waals surface area contributed by atoms with Crippen molar-refractivity contribution in [3.05, 3.63) is 35.4 Å². The van der Waals surface area contributed by atoms with Gasteiger partial charge in [0.1, 0.15) is 5.82 Å². The lowest BCUT2D eigenvalue weighted by molar-refractivity contribution is -0.116. The van der Waals surface area contributed by atoms with E-state index in [1.54, 1.807) is 0 Å². The van der Waals surface area contributed by atoms with E-state index < -0.39 is 11.8 Å². The quantitative estimate of drug-likeness (QED) is 0.604. The van der Waals surface area contributed by atoms with Crippen LogP contribution in [0.15, 0.2) is 18.2 Å². The van der Waals surface area contributed by atoms with Gasteiger partial charge < -0.3 is 20.7 Å². The molecule has 3 rings (SSSR count). The van der Waals surface area contributed by atoms with Crippen molar-refractivity contribution >= 4 is 29.0 Å². The number of carbonyl (C=O) groups excluding carboxylic acids is 2. The van der Waals surface area contributed by atoms with Gasteiger partial charge in [-0.1, -0.05) is 0 Å². The first kappa shape index (κ1) is 23.7. The number of halogens is 1. The fraction of sp³-hybridized carbons (Fsp3) is 0.500. The summed E-state index contributed by atoms with van der Waals surface area (Å²) in [4.78, 5) is 26.9. The number of morpholine rings is 1. The molecule has 1 saturated heterocycles. The van der Waals surface area contributed by atoms with Gasteiger partial charge in [0.25, 0.3) is 0 Å². The number of urea groups is 1. The molecule has 1 aliphatic rings. The van der Waals surface area contributed by atoms with Crippen LogP contribution < -0.4 is 16.0 Å². The van der Waals surface area contributed by atoms with Crippen molar-refractivity contribution in [1.82, 2.24) is 14.7 Å². The second-order valence-electron chi connectivity index (χ2n) is 8.11. The molecule has 0 unspecified atom stereocenters. The summed E-state index contributed by atoms with van der Waals surface area (Å²) in [5.41, 5.74) is 2.57. The molecule has 2 heterocycles. The largest absolute Gasteiger partial charge is 0.379 e. The summed E-state index contributed by atoms with van der Waals surface area (Å²) in [7, 11) is 0. The molecule has 3 N–H and O–H groups in total. The van der Waals surface area contributed by atoms with Gasteiger partial charge in [0, 0.05) is 37.8 Å². The van der Waals surface area contributed by atoms with Gasteiger partial charge in [-0.15, -0.1) is 0 Å². The minimum absolute atomic E-state index is 0.0229. The number of carbonyl (C=O) groups is 2. The van der Waals surface area contributed by atoms with Crippen LogP contribution in [-0.2, 0) is 9.53 Å². The van der Waals surface area contributed by atoms with Crippen molar-refractivity contribution in [1.29, 1.82) is 0 Å². The standard InChI is InChI=1S/C22H31FN6O3/c1-14(2)29-16(4)21(15(3)27-29)26-22(31)24-17-5-6-18(23)19(13-17)25-20(30)7-8-28-9-11-32-12-10-28/h5-6,13-14H,7-12H2,1-4H3,(H,25,30)(H2,24,26,31). The van der Waals surface area contributed by atoms with Crippen LogP contribution in [0.4, 0.5) is 26.2 Å². The van der Waals surface area contributed by atoms with E-state index in [1.165, 1.54) is 18.2 Å². The Bertz CT molecular complexity index is 969. The van der Waals surface area contributed by atoms with Gasteiger partial charge in [-0.2, -0.15) is 5.10 Å². The van der Waals surface area contributed by atoms with E-state index in [9.17, 15) is 14.0 Å². The molecule has 10 heteroatoms. The number of ether oxygens (including phenoxy) is 1. The number of hydrogen-bond donors (Lipinski definition) is 3. The Kier molecular flexibility index (Phi) is 7.81. The minimum Gasteiger partial charge on any atom is -0.379 e. The smallest absolute Gasteiger partial charge is 0.323 e. The molecule has 1 aromatic heterocycles. The molecule has 174 valence electrons. The molecule has 0 radical (unpaired) electrons. The molecule has 2 aromatic rings. The lowest BCUT2D eigenvalue weighted by atomic mass is 10.2. The van der Waals surface area contributed by atoms with Crippen LogP contribution in [0.25, 0.3) is 0 Å². The Labute approximate surface area is 187 Å². The van der Waals surface area contributed by atoms with Crippen LogP contribution in [0.3, 0.4) is 0 Å². The molecule has 0 saturated carbocycles. The van der Waals surface area contributed by atoms with Gasteiger partial charge in [0.15, 0.2) is 0 Å². The third kappa shape index (κ3) is 6.04. The monoisotopic (exact) mass is 446 g/mol. The summed E-state index contributed by atoms with van der Waals surface area (Å²) in [5.74, 6) is -0.857. The van der Waals surface area contributed by atoms with E-state index in [0.29, 0.717) is 36.8 Å². The fourth-order valence-electron chi connectivity index (χ4n) is 3.62. The Morgan fingerprint density at radius 1 is 1.16 bits per heavy atom. The molecule has 0 bridgehead atoms. The van der Waals surface area contributed by atoms with E-state index in [2.05, 4.69) is 25.9 Å². The first-order chi connectivity index (χ1) is 15.2. The SMILES string of the molecule is Cc1nn(C(C)C)c(C)c1NC(=O)Nc1ccc(F)c(NC(=O)CCN2CCOCC2)c1. The number of benzene rings is 1. The summed E-state index contributed by atoms with van der Waals surface area (Å²) < 4.78 is 21.3. The third-order valence-corrected chi connectivity index (χ3v) is 5.31. The summed E-state index contributed by atoms with van der Waals surface area (Å²) in [6.07, 6.45) is 0.246. The predicted octanol–water partition coefficient (Wildman–Crippen LogP) is 3.52. The number of aryl methyl sites for hydroxylation is 1. The Morgan fingerprint density at radius 3 is 2.53 bits per heavy atom. The third-order valence-electron chi connectivity index (χ3n) is 5.31. The number of amides is 3. The number of nitrogens with one attached hydrogen (secondary N) is 3. The summed E-state index contributed by atoms with van der Waals surface area (Å²) in [6, 6.07) is 3.74. The van der Waals surface area contributed by atoms with Crippen molar-refractivity contribution in [2.75, 3.05) is 48.8 Å². The van der Waals surface area contributed by atoms with E-state index in [-0.39, 0.29) is 24.1 Å². The summed E-state index contributed by atoms with van der Waals surface area (Å²) >= 11 is 0. The van der Waals surface area contributed by atoms with E-state index in [1.807, 2.05) is 32.4 Å². The second kappa shape index (κ2) is 10.6. The number of anilines is 3. The zero-order chi connectivity index (χ0) is 23.3. The maximum Gasteiger partial charge on any atom is 0.323 e. The molecule has 3 amide bonds. The molecule has 1 fully saturated rings. The molecular weight excluding hydrogens is 415 g/mol. The van der Waals surface area contributed by atoms with E-state index >= 15 is 0 Å². The molecule has 1 aliphatic heterocycles. The first-order valence-electron chi connectivity index (χ1n) is 10.8. The highest BCUT2D eigenvalue weighted by Gasteiger charge is 2.17. The lowest BCUT2D eigenvalue weighted by Crippen LogP contribution is -2.38. The normalized spacial score (nSPS) is 14.4. The number of hydrogen-bond acceptors (Lipinski definition) is 5. The zero-order valence-electron chi connectivity index (χ0n) is 19.0. The fourth-order valence-corrected chi connectivity index (χ4v) is 3.62. The Morgan fingerprint density at radius 2 is 1.88 bits per heavy atom.